The van der Waals surface area contributed by atoms with Gasteiger partial charge in [0.05, 0.1) is 0 Å². The predicted molar refractivity (Wildman–Crippen MR) is 81.4 cm³/mol. The van der Waals surface area contributed by atoms with Gasteiger partial charge < -0.3 is 4.90 Å². The quantitative estimate of drug-likeness (QED) is 0.775. The molecule has 2 radical (unpaired) electrons. The summed E-state index contributed by atoms with van der Waals surface area (Å²) < 4.78 is 0. The van der Waals surface area contributed by atoms with E-state index in [-0.39, 0.29) is 5.91 Å². The van der Waals surface area contributed by atoms with Gasteiger partial charge >= 0.3 is 0 Å². The summed E-state index contributed by atoms with van der Waals surface area (Å²) in [5.41, 5.74) is 4.82. The topological polar surface area (TPSA) is 33.2 Å². The largest absolute Gasteiger partial charge is 0.312 e. The van der Waals surface area contributed by atoms with Crippen molar-refractivity contribution in [3.63, 3.8) is 0 Å². The molecule has 0 saturated carbocycles. The maximum Gasteiger partial charge on any atom is 0.227 e. The van der Waals surface area contributed by atoms with Crippen molar-refractivity contribution in [2.75, 3.05) is 11.4 Å². The van der Waals surface area contributed by atoms with E-state index in [0.717, 1.165) is 35.3 Å². The van der Waals surface area contributed by atoms with Crippen molar-refractivity contribution < 1.29 is 4.79 Å². The fraction of sp³-hybridized carbons (Fsp3) is 0.250. The number of hydrogen-bond donors (Lipinski definition) is 0. The van der Waals surface area contributed by atoms with Gasteiger partial charge in [0, 0.05) is 31.0 Å². The second-order valence-corrected chi connectivity index (χ2v) is 5.16. The SMILES string of the molecule is [B]c1cncc(-c2ccc(N3CCCC3=O)c(C)c2)c1. The normalized spacial score (nSPS) is 14.8. The van der Waals surface area contributed by atoms with Crippen LogP contribution in [-0.2, 0) is 4.79 Å². The predicted octanol–water partition coefficient (Wildman–Crippen LogP) is 1.98. The second kappa shape index (κ2) is 5.12. The van der Waals surface area contributed by atoms with Gasteiger partial charge in [-0.3, -0.25) is 9.78 Å². The molecule has 3 rings (SSSR count). The van der Waals surface area contributed by atoms with Crippen LogP contribution < -0.4 is 10.4 Å². The number of carbonyl (C=O) groups excluding carboxylic acids is 1. The molecule has 20 heavy (non-hydrogen) atoms. The number of pyridine rings is 1. The van der Waals surface area contributed by atoms with Crippen LogP contribution in [0.2, 0.25) is 0 Å². The van der Waals surface area contributed by atoms with E-state index in [1.807, 2.05) is 30.0 Å². The third kappa shape index (κ3) is 2.33. The molecule has 98 valence electrons. The molecule has 2 heterocycles. The fourth-order valence-corrected chi connectivity index (χ4v) is 2.66. The Morgan fingerprint density at radius 1 is 1.20 bits per heavy atom. The fourth-order valence-electron chi connectivity index (χ4n) is 2.66. The Kier molecular flexibility index (Phi) is 3.31. The van der Waals surface area contributed by atoms with Crippen LogP contribution in [0.25, 0.3) is 11.1 Å². The van der Waals surface area contributed by atoms with Crippen LogP contribution in [0.5, 0.6) is 0 Å². The lowest BCUT2D eigenvalue weighted by molar-refractivity contribution is -0.117. The number of amides is 1. The lowest BCUT2D eigenvalue weighted by atomic mass is 9.94. The summed E-state index contributed by atoms with van der Waals surface area (Å²) in [6, 6.07) is 8.02. The summed E-state index contributed by atoms with van der Waals surface area (Å²) in [6.07, 6.45) is 5.03. The Hall–Kier alpha value is -2.10. The first-order valence-electron chi connectivity index (χ1n) is 6.77. The van der Waals surface area contributed by atoms with Crippen molar-refractivity contribution in [1.82, 2.24) is 4.98 Å². The van der Waals surface area contributed by atoms with Crippen LogP contribution >= 0.6 is 0 Å². The van der Waals surface area contributed by atoms with Crippen LogP contribution in [0, 0.1) is 6.92 Å². The Labute approximate surface area is 120 Å². The zero-order chi connectivity index (χ0) is 14.1. The highest BCUT2D eigenvalue weighted by Crippen LogP contribution is 2.29. The summed E-state index contributed by atoms with van der Waals surface area (Å²) >= 11 is 0. The average Bonchev–Trinajstić information content (AvgIpc) is 2.85. The highest BCUT2D eigenvalue weighted by molar-refractivity contribution is 6.32. The first kappa shape index (κ1) is 12.9. The van der Waals surface area contributed by atoms with E-state index < -0.39 is 0 Å². The molecule has 0 N–H and O–H groups in total. The first-order valence-corrected chi connectivity index (χ1v) is 6.77. The Morgan fingerprint density at radius 3 is 2.70 bits per heavy atom. The van der Waals surface area contributed by atoms with Crippen LogP contribution in [0.3, 0.4) is 0 Å². The molecule has 0 spiro atoms. The minimum Gasteiger partial charge on any atom is -0.312 e. The summed E-state index contributed by atoms with van der Waals surface area (Å²) in [6.45, 7) is 2.85. The summed E-state index contributed by atoms with van der Waals surface area (Å²) in [5.74, 6) is 0.214. The zero-order valence-electron chi connectivity index (χ0n) is 11.5. The molecule has 0 unspecified atom stereocenters. The van der Waals surface area contributed by atoms with Crippen molar-refractivity contribution in [3.8, 4) is 11.1 Å². The molecule has 1 aliphatic heterocycles. The van der Waals surface area contributed by atoms with E-state index in [2.05, 4.69) is 11.1 Å². The van der Waals surface area contributed by atoms with Gasteiger partial charge in [0.2, 0.25) is 5.91 Å². The number of carbonyl (C=O) groups is 1. The number of rotatable bonds is 2. The Bertz CT molecular complexity index is 669. The molecule has 3 nitrogen and oxygen atoms in total. The van der Waals surface area contributed by atoms with Gasteiger partial charge in [-0.05, 0) is 42.2 Å². The van der Waals surface area contributed by atoms with Crippen LogP contribution in [-0.4, -0.2) is 25.3 Å². The highest BCUT2D eigenvalue weighted by Gasteiger charge is 2.22. The number of benzene rings is 1. The highest BCUT2D eigenvalue weighted by atomic mass is 16.2. The molecule has 2 aromatic rings. The van der Waals surface area contributed by atoms with Gasteiger partial charge in [-0.15, -0.1) is 0 Å². The molecular weight excluding hydrogens is 247 g/mol. The molecule has 4 heteroatoms. The van der Waals surface area contributed by atoms with Crippen LogP contribution in [0.1, 0.15) is 18.4 Å². The molecule has 1 aromatic carbocycles. The molecule has 1 amide bonds. The molecule has 0 bridgehead atoms. The Balaban J connectivity index is 1.97. The smallest absolute Gasteiger partial charge is 0.227 e. The molecule has 0 atom stereocenters. The van der Waals surface area contributed by atoms with Crippen molar-refractivity contribution >= 4 is 24.9 Å². The lowest BCUT2D eigenvalue weighted by Crippen LogP contribution is -2.24. The van der Waals surface area contributed by atoms with E-state index in [4.69, 9.17) is 7.85 Å². The average molecular weight is 262 g/mol. The molecule has 1 saturated heterocycles. The van der Waals surface area contributed by atoms with E-state index in [1.165, 1.54) is 0 Å². The summed E-state index contributed by atoms with van der Waals surface area (Å²) in [4.78, 5) is 17.8. The number of aromatic nitrogens is 1. The van der Waals surface area contributed by atoms with Gasteiger partial charge in [0.15, 0.2) is 0 Å². The van der Waals surface area contributed by atoms with E-state index in [9.17, 15) is 4.79 Å². The van der Waals surface area contributed by atoms with Crippen molar-refractivity contribution in [3.05, 3.63) is 42.2 Å². The lowest BCUT2D eigenvalue weighted by Gasteiger charge is -2.19. The molecule has 0 aliphatic carbocycles. The van der Waals surface area contributed by atoms with Crippen molar-refractivity contribution in [2.45, 2.75) is 19.8 Å². The van der Waals surface area contributed by atoms with Crippen LogP contribution in [0.4, 0.5) is 5.69 Å². The third-order valence-corrected chi connectivity index (χ3v) is 3.65. The summed E-state index contributed by atoms with van der Waals surface area (Å²) in [5, 5.41) is 0. The van der Waals surface area contributed by atoms with Gasteiger partial charge in [-0.1, -0.05) is 17.6 Å². The van der Waals surface area contributed by atoms with E-state index in [1.54, 1.807) is 12.4 Å². The zero-order valence-corrected chi connectivity index (χ0v) is 11.5. The number of anilines is 1. The summed E-state index contributed by atoms with van der Waals surface area (Å²) in [7, 11) is 5.77. The maximum atomic E-state index is 11.8. The van der Waals surface area contributed by atoms with Crippen molar-refractivity contribution in [1.29, 1.82) is 0 Å². The number of nitrogens with zero attached hydrogens (tertiary/aromatic N) is 2. The molecule has 1 aromatic heterocycles. The maximum absolute atomic E-state index is 11.8. The first-order chi connectivity index (χ1) is 9.65. The number of aryl methyl sites for hydroxylation is 1. The van der Waals surface area contributed by atoms with Gasteiger partial charge in [0.1, 0.15) is 7.85 Å². The van der Waals surface area contributed by atoms with E-state index >= 15 is 0 Å². The van der Waals surface area contributed by atoms with Crippen LogP contribution in [0.15, 0.2) is 36.7 Å². The van der Waals surface area contributed by atoms with Gasteiger partial charge in [-0.25, -0.2) is 0 Å². The van der Waals surface area contributed by atoms with E-state index in [0.29, 0.717) is 11.9 Å². The number of hydrogen-bond acceptors (Lipinski definition) is 2. The molecule has 1 fully saturated rings. The van der Waals surface area contributed by atoms with Gasteiger partial charge in [-0.2, -0.15) is 0 Å². The van der Waals surface area contributed by atoms with Gasteiger partial charge in [0.25, 0.3) is 0 Å². The standard InChI is InChI=1S/C16H15BN2O/c1-11-7-12(13-8-14(17)10-18-9-13)4-5-15(11)19-6-2-3-16(19)20/h4-5,7-10H,2-3,6H2,1H3. The molecule has 1 aliphatic rings. The van der Waals surface area contributed by atoms with Crippen molar-refractivity contribution in [2.24, 2.45) is 0 Å². The minimum atomic E-state index is 0.214. The second-order valence-electron chi connectivity index (χ2n) is 5.16. The third-order valence-electron chi connectivity index (χ3n) is 3.65. The monoisotopic (exact) mass is 262 g/mol. The minimum absolute atomic E-state index is 0.214. The molecular formula is C16H15BN2O. The Morgan fingerprint density at radius 2 is 2.05 bits per heavy atom.